The van der Waals surface area contributed by atoms with E-state index >= 15 is 0 Å². The number of hydrogen-bond acceptors (Lipinski definition) is 3. The lowest BCUT2D eigenvalue weighted by atomic mass is 10.0. The lowest BCUT2D eigenvalue weighted by Gasteiger charge is -2.20. The van der Waals surface area contributed by atoms with Crippen molar-refractivity contribution in [2.75, 3.05) is 6.61 Å². The molecule has 0 spiro atoms. The minimum absolute atomic E-state index is 0.0749. The van der Waals surface area contributed by atoms with Crippen molar-refractivity contribution in [1.82, 2.24) is 5.32 Å². The van der Waals surface area contributed by atoms with Crippen LogP contribution in [0.25, 0.3) is 0 Å². The number of unbranched alkanes of at least 4 members (excludes halogenated alkanes) is 26. The van der Waals surface area contributed by atoms with E-state index in [0.29, 0.717) is 6.42 Å². The molecule has 0 saturated heterocycles. The molecule has 0 aliphatic heterocycles. The standard InChI is InChI=1S/C40H77NO3/c1-3-5-7-9-11-13-15-16-17-18-19-20-21-22-23-24-26-27-29-31-33-35-39(43)38(37-42)41-40(44)36-34-32-30-28-25-14-12-10-8-6-4-2/h10,12,33,35,38-39,42-43H,3-9,11,13-32,34,36-37H2,1-2H3,(H,41,44)/b12-10-,35-33+. The van der Waals surface area contributed by atoms with Gasteiger partial charge in [0.1, 0.15) is 0 Å². The first-order valence-electron chi connectivity index (χ1n) is 19.6. The second-order valence-corrected chi connectivity index (χ2v) is 13.3. The van der Waals surface area contributed by atoms with Gasteiger partial charge in [0.05, 0.1) is 18.8 Å². The maximum atomic E-state index is 12.3. The molecule has 3 N–H and O–H groups in total. The average molecular weight is 620 g/mol. The van der Waals surface area contributed by atoms with Crippen molar-refractivity contribution < 1.29 is 15.0 Å². The largest absolute Gasteiger partial charge is 0.394 e. The second kappa shape index (κ2) is 36.3. The van der Waals surface area contributed by atoms with E-state index in [1.807, 2.05) is 6.08 Å². The molecule has 0 aliphatic carbocycles. The minimum Gasteiger partial charge on any atom is -0.394 e. The first-order valence-corrected chi connectivity index (χ1v) is 19.6. The van der Waals surface area contributed by atoms with Crippen LogP contribution in [0.1, 0.15) is 206 Å². The molecule has 4 nitrogen and oxygen atoms in total. The number of rotatable bonds is 35. The van der Waals surface area contributed by atoms with Gasteiger partial charge in [0.15, 0.2) is 0 Å². The molecule has 0 saturated carbocycles. The van der Waals surface area contributed by atoms with Gasteiger partial charge in [-0.1, -0.05) is 186 Å². The van der Waals surface area contributed by atoms with E-state index in [0.717, 1.165) is 38.5 Å². The van der Waals surface area contributed by atoms with Crippen molar-refractivity contribution in [2.45, 2.75) is 219 Å². The molecule has 0 fully saturated rings. The molecular formula is C40H77NO3. The van der Waals surface area contributed by atoms with Gasteiger partial charge in [-0.3, -0.25) is 4.79 Å². The lowest BCUT2D eigenvalue weighted by molar-refractivity contribution is -0.123. The molecule has 260 valence electrons. The van der Waals surface area contributed by atoms with Crippen LogP contribution in [0.3, 0.4) is 0 Å². The molecule has 44 heavy (non-hydrogen) atoms. The fourth-order valence-corrected chi connectivity index (χ4v) is 5.86. The number of allylic oxidation sites excluding steroid dienone is 3. The van der Waals surface area contributed by atoms with Crippen molar-refractivity contribution in [2.24, 2.45) is 0 Å². The molecule has 0 heterocycles. The van der Waals surface area contributed by atoms with E-state index in [1.165, 1.54) is 148 Å². The lowest BCUT2D eigenvalue weighted by Crippen LogP contribution is -2.45. The molecule has 0 aromatic heterocycles. The van der Waals surface area contributed by atoms with Gasteiger partial charge in [-0.25, -0.2) is 0 Å². The van der Waals surface area contributed by atoms with E-state index in [-0.39, 0.29) is 12.5 Å². The summed E-state index contributed by atoms with van der Waals surface area (Å²) in [5.41, 5.74) is 0. The zero-order valence-electron chi connectivity index (χ0n) is 29.7. The zero-order valence-corrected chi connectivity index (χ0v) is 29.7. The predicted octanol–water partition coefficient (Wildman–Crippen LogP) is 11.7. The number of aliphatic hydroxyl groups is 2. The van der Waals surface area contributed by atoms with Gasteiger partial charge in [0.25, 0.3) is 0 Å². The summed E-state index contributed by atoms with van der Waals surface area (Å²) < 4.78 is 0. The normalized spacial score (nSPS) is 13.3. The van der Waals surface area contributed by atoms with E-state index < -0.39 is 12.1 Å². The molecule has 1 amide bonds. The summed E-state index contributed by atoms with van der Waals surface area (Å²) in [7, 11) is 0. The molecule has 0 aromatic rings. The van der Waals surface area contributed by atoms with Crippen molar-refractivity contribution in [3.05, 3.63) is 24.3 Å². The van der Waals surface area contributed by atoms with Gasteiger partial charge in [-0.2, -0.15) is 0 Å². The molecule has 0 rings (SSSR count). The van der Waals surface area contributed by atoms with Crippen LogP contribution in [0.2, 0.25) is 0 Å². The molecule has 2 atom stereocenters. The molecule has 0 bridgehead atoms. The van der Waals surface area contributed by atoms with Crippen LogP contribution in [-0.4, -0.2) is 34.9 Å². The number of hydrogen-bond donors (Lipinski definition) is 3. The van der Waals surface area contributed by atoms with Gasteiger partial charge in [0.2, 0.25) is 5.91 Å². The Balaban J connectivity index is 3.56. The fraction of sp³-hybridized carbons (Fsp3) is 0.875. The minimum atomic E-state index is -0.838. The number of carbonyl (C=O) groups excluding carboxylic acids is 1. The van der Waals surface area contributed by atoms with Gasteiger partial charge >= 0.3 is 0 Å². The van der Waals surface area contributed by atoms with E-state index in [9.17, 15) is 15.0 Å². The molecular weight excluding hydrogens is 542 g/mol. The highest BCUT2D eigenvalue weighted by molar-refractivity contribution is 5.76. The van der Waals surface area contributed by atoms with Crippen LogP contribution < -0.4 is 5.32 Å². The summed E-state index contributed by atoms with van der Waals surface area (Å²) in [6, 6.07) is -0.622. The number of carbonyl (C=O) groups is 1. The van der Waals surface area contributed by atoms with Crippen molar-refractivity contribution >= 4 is 5.91 Å². The maximum absolute atomic E-state index is 12.3. The molecule has 0 radical (unpaired) electrons. The maximum Gasteiger partial charge on any atom is 0.220 e. The Bertz CT molecular complexity index is 632. The summed E-state index contributed by atoms with van der Waals surface area (Å²) in [4.78, 5) is 12.3. The van der Waals surface area contributed by atoms with Crippen LogP contribution in [0.4, 0.5) is 0 Å². The zero-order chi connectivity index (χ0) is 32.2. The Labute approximate surface area is 275 Å². The molecule has 4 heteroatoms. The Kier molecular flexibility index (Phi) is 35.4. The number of nitrogens with one attached hydrogen (secondary N) is 1. The predicted molar refractivity (Wildman–Crippen MR) is 193 cm³/mol. The quantitative estimate of drug-likeness (QED) is 0.0488. The third-order valence-electron chi connectivity index (χ3n) is 8.93. The van der Waals surface area contributed by atoms with Gasteiger partial charge < -0.3 is 15.5 Å². The molecule has 2 unspecified atom stereocenters. The van der Waals surface area contributed by atoms with Crippen LogP contribution in [0, 0.1) is 0 Å². The second-order valence-electron chi connectivity index (χ2n) is 13.3. The third kappa shape index (κ3) is 32.3. The smallest absolute Gasteiger partial charge is 0.220 e. The highest BCUT2D eigenvalue weighted by Crippen LogP contribution is 2.15. The summed E-state index contributed by atoms with van der Waals surface area (Å²) in [6.07, 6.45) is 45.6. The van der Waals surface area contributed by atoms with Gasteiger partial charge in [-0.15, -0.1) is 0 Å². The number of aliphatic hydroxyl groups excluding tert-OH is 2. The summed E-state index contributed by atoms with van der Waals surface area (Å²) in [6.45, 7) is 4.26. The van der Waals surface area contributed by atoms with E-state index in [2.05, 4.69) is 31.3 Å². The summed E-state index contributed by atoms with van der Waals surface area (Å²) in [5, 5.41) is 22.9. The molecule has 0 aliphatic rings. The SMILES string of the molecule is CCCC/C=C\CCCCCCCC(=O)NC(CO)C(O)/C=C/CCCCCCCCCCCCCCCCCCCCC. The van der Waals surface area contributed by atoms with Crippen LogP contribution >= 0.6 is 0 Å². The highest BCUT2D eigenvalue weighted by atomic mass is 16.3. The van der Waals surface area contributed by atoms with Crippen molar-refractivity contribution in [3.8, 4) is 0 Å². The van der Waals surface area contributed by atoms with Crippen LogP contribution in [0.15, 0.2) is 24.3 Å². The number of amides is 1. The monoisotopic (exact) mass is 620 g/mol. The fourth-order valence-electron chi connectivity index (χ4n) is 5.86. The van der Waals surface area contributed by atoms with Crippen LogP contribution in [0.5, 0.6) is 0 Å². The van der Waals surface area contributed by atoms with Crippen molar-refractivity contribution in [3.63, 3.8) is 0 Å². The average Bonchev–Trinajstić information content (AvgIpc) is 3.03. The first kappa shape index (κ1) is 42.9. The molecule has 0 aromatic carbocycles. The Morgan fingerprint density at radius 3 is 1.32 bits per heavy atom. The van der Waals surface area contributed by atoms with E-state index in [1.54, 1.807) is 6.08 Å². The van der Waals surface area contributed by atoms with Gasteiger partial charge in [0, 0.05) is 6.42 Å². The third-order valence-corrected chi connectivity index (χ3v) is 8.93. The Morgan fingerprint density at radius 2 is 0.886 bits per heavy atom. The van der Waals surface area contributed by atoms with E-state index in [4.69, 9.17) is 0 Å². The first-order chi connectivity index (χ1) is 21.7. The van der Waals surface area contributed by atoms with Gasteiger partial charge in [-0.05, 0) is 38.5 Å². The Hall–Kier alpha value is -1.13. The summed E-state index contributed by atoms with van der Waals surface area (Å²) >= 11 is 0. The van der Waals surface area contributed by atoms with Crippen molar-refractivity contribution in [1.29, 1.82) is 0 Å². The highest BCUT2D eigenvalue weighted by Gasteiger charge is 2.17. The van der Waals surface area contributed by atoms with Crippen LogP contribution in [-0.2, 0) is 4.79 Å². The Morgan fingerprint density at radius 1 is 0.523 bits per heavy atom. The summed E-state index contributed by atoms with van der Waals surface area (Å²) in [5.74, 6) is -0.0749. The topological polar surface area (TPSA) is 69.6 Å².